The van der Waals surface area contributed by atoms with Crippen LogP contribution in [0.5, 0.6) is 17.2 Å². The van der Waals surface area contributed by atoms with Crippen LogP contribution in [-0.4, -0.2) is 46.0 Å². The van der Waals surface area contributed by atoms with Gasteiger partial charge in [0.1, 0.15) is 23.6 Å². The second-order valence-electron chi connectivity index (χ2n) is 9.25. The average molecular weight is 538 g/mol. The molecule has 1 aliphatic heterocycles. The molecule has 1 saturated heterocycles. The average Bonchev–Trinajstić information content (AvgIpc) is 2.93. The van der Waals surface area contributed by atoms with Crippen LogP contribution in [0.1, 0.15) is 36.9 Å². The van der Waals surface area contributed by atoms with Gasteiger partial charge in [-0.15, -0.1) is 0 Å². The lowest BCUT2D eigenvalue weighted by Gasteiger charge is -2.31. The molecule has 0 spiro atoms. The minimum absolute atomic E-state index is 0.106. The number of amides is 1. The predicted octanol–water partition coefficient (Wildman–Crippen LogP) is 6.31. The Morgan fingerprint density at radius 3 is 2.46 bits per heavy atom. The van der Waals surface area contributed by atoms with E-state index in [1.807, 2.05) is 11.0 Å². The van der Waals surface area contributed by atoms with Crippen LogP contribution in [0.25, 0.3) is 10.9 Å². The van der Waals surface area contributed by atoms with E-state index in [1.54, 1.807) is 25.1 Å². The van der Waals surface area contributed by atoms with E-state index in [-0.39, 0.29) is 11.7 Å². The molecular formula is C28H26F3N5O3. The minimum atomic E-state index is -4.53. The van der Waals surface area contributed by atoms with Crippen LogP contribution in [0.15, 0.2) is 61.1 Å². The van der Waals surface area contributed by atoms with Crippen molar-refractivity contribution < 1.29 is 27.4 Å². The predicted molar refractivity (Wildman–Crippen MR) is 139 cm³/mol. The van der Waals surface area contributed by atoms with Crippen LogP contribution in [0.4, 0.5) is 24.7 Å². The summed E-state index contributed by atoms with van der Waals surface area (Å²) in [7, 11) is 1.47. The lowest BCUT2D eigenvalue weighted by molar-refractivity contribution is -0.141. The fourth-order valence-electron chi connectivity index (χ4n) is 4.66. The molecule has 0 radical (unpaired) electrons. The second kappa shape index (κ2) is 10.8. The number of halogens is 3. The number of anilines is 2. The molecule has 0 aliphatic carbocycles. The molecule has 8 nitrogen and oxygen atoms in total. The Kier molecular flexibility index (Phi) is 7.23. The van der Waals surface area contributed by atoms with E-state index in [2.05, 4.69) is 32.4 Å². The van der Waals surface area contributed by atoms with Crippen molar-refractivity contribution in [1.82, 2.24) is 19.9 Å². The molecule has 5 rings (SSSR count). The third-order valence-electron chi connectivity index (χ3n) is 6.75. The Bertz CT molecular complexity index is 1490. The summed E-state index contributed by atoms with van der Waals surface area (Å²) in [6, 6.07) is 13.3. The number of piperidine rings is 1. The number of pyridine rings is 1. The zero-order chi connectivity index (χ0) is 27.6. The number of hydrogen-bond acceptors (Lipinski definition) is 7. The number of rotatable bonds is 6. The zero-order valence-electron chi connectivity index (χ0n) is 21.3. The third kappa shape index (κ3) is 5.87. The lowest BCUT2D eigenvalue weighted by Crippen LogP contribution is -2.36. The standard InChI is InChI=1S/C28H26F3N5O3/c1-17(37)36-11-9-18(10-12-36)19-3-6-23-22(13-19)27(34-16-33-23)35-20-4-7-24(25(14-20)38-2)39-21-5-8-26(32-15-21)28(29,30)31/h3-8,13-16,18H,9-12H2,1-2H3,(H,33,34,35). The molecule has 2 aromatic heterocycles. The quantitative estimate of drug-likeness (QED) is 0.308. The van der Waals surface area contributed by atoms with Crippen LogP contribution in [0.3, 0.4) is 0 Å². The first-order chi connectivity index (χ1) is 18.7. The van der Waals surface area contributed by atoms with Crippen molar-refractivity contribution in [3.63, 3.8) is 0 Å². The fourth-order valence-corrected chi connectivity index (χ4v) is 4.66. The number of ether oxygens (including phenoxy) is 2. The number of methoxy groups -OCH3 is 1. The molecule has 1 fully saturated rings. The molecule has 202 valence electrons. The maximum Gasteiger partial charge on any atom is 0.433 e. The van der Waals surface area contributed by atoms with Crippen LogP contribution >= 0.6 is 0 Å². The van der Waals surface area contributed by atoms with E-state index in [4.69, 9.17) is 9.47 Å². The molecule has 3 heterocycles. The lowest BCUT2D eigenvalue weighted by atomic mass is 9.88. The number of hydrogen-bond donors (Lipinski definition) is 1. The number of likely N-dealkylation sites (tertiary alicyclic amines) is 1. The summed E-state index contributed by atoms with van der Waals surface area (Å²) < 4.78 is 49.5. The van der Waals surface area contributed by atoms with Gasteiger partial charge in [-0.05, 0) is 60.7 Å². The van der Waals surface area contributed by atoms with Gasteiger partial charge in [0.15, 0.2) is 11.5 Å². The number of carbonyl (C=O) groups excluding carboxylic acids is 1. The Labute approximate surface area is 222 Å². The van der Waals surface area contributed by atoms with Crippen molar-refractivity contribution in [3.05, 3.63) is 72.3 Å². The number of carbonyl (C=O) groups is 1. The largest absolute Gasteiger partial charge is 0.493 e. The van der Waals surface area contributed by atoms with Gasteiger partial charge in [0.2, 0.25) is 5.91 Å². The van der Waals surface area contributed by atoms with Gasteiger partial charge in [0, 0.05) is 37.2 Å². The van der Waals surface area contributed by atoms with E-state index in [9.17, 15) is 18.0 Å². The highest BCUT2D eigenvalue weighted by atomic mass is 19.4. The Hall–Kier alpha value is -4.41. The van der Waals surface area contributed by atoms with Crippen LogP contribution < -0.4 is 14.8 Å². The number of nitrogens with one attached hydrogen (secondary N) is 1. The molecule has 1 amide bonds. The fraction of sp³-hybridized carbons (Fsp3) is 0.286. The summed E-state index contributed by atoms with van der Waals surface area (Å²) in [5, 5.41) is 4.17. The van der Waals surface area contributed by atoms with E-state index < -0.39 is 11.9 Å². The van der Waals surface area contributed by atoms with Crippen LogP contribution in [0, 0.1) is 0 Å². The smallest absolute Gasteiger partial charge is 0.433 e. The Morgan fingerprint density at radius 2 is 1.79 bits per heavy atom. The van der Waals surface area contributed by atoms with Crippen LogP contribution in [0.2, 0.25) is 0 Å². The number of fused-ring (bicyclic) bond motifs is 1. The number of alkyl halides is 3. The monoisotopic (exact) mass is 537 g/mol. The normalized spacial score (nSPS) is 14.3. The molecule has 0 atom stereocenters. The molecule has 0 saturated carbocycles. The summed E-state index contributed by atoms with van der Waals surface area (Å²) in [5.41, 5.74) is 1.64. The molecule has 0 unspecified atom stereocenters. The third-order valence-corrected chi connectivity index (χ3v) is 6.75. The summed E-state index contributed by atoms with van der Waals surface area (Å²) in [6.07, 6.45) is -0.225. The Balaban J connectivity index is 1.35. The summed E-state index contributed by atoms with van der Waals surface area (Å²) in [4.78, 5) is 25.8. The van der Waals surface area contributed by atoms with Crippen LogP contribution in [-0.2, 0) is 11.0 Å². The minimum Gasteiger partial charge on any atom is -0.493 e. The van der Waals surface area contributed by atoms with Crippen molar-refractivity contribution >= 4 is 28.3 Å². The van der Waals surface area contributed by atoms with E-state index in [0.29, 0.717) is 28.9 Å². The van der Waals surface area contributed by atoms with Crippen molar-refractivity contribution in [3.8, 4) is 17.2 Å². The van der Waals surface area contributed by atoms with Gasteiger partial charge in [-0.3, -0.25) is 4.79 Å². The molecule has 1 N–H and O–H groups in total. The number of nitrogens with zero attached hydrogens (tertiary/aromatic N) is 4. The molecule has 1 aliphatic rings. The summed E-state index contributed by atoms with van der Waals surface area (Å²) in [6.45, 7) is 3.08. The molecule has 4 aromatic rings. The van der Waals surface area contributed by atoms with Gasteiger partial charge in [-0.25, -0.2) is 15.0 Å². The second-order valence-corrected chi connectivity index (χ2v) is 9.25. The first-order valence-electron chi connectivity index (χ1n) is 12.4. The summed E-state index contributed by atoms with van der Waals surface area (Å²) >= 11 is 0. The van der Waals surface area contributed by atoms with Gasteiger partial charge < -0.3 is 19.7 Å². The van der Waals surface area contributed by atoms with E-state index >= 15 is 0 Å². The topological polar surface area (TPSA) is 89.5 Å². The molecular weight excluding hydrogens is 511 g/mol. The van der Waals surface area contributed by atoms with Gasteiger partial charge in [-0.1, -0.05) is 6.07 Å². The van der Waals surface area contributed by atoms with Crippen molar-refractivity contribution in [1.29, 1.82) is 0 Å². The van der Waals surface area contributed by atoms with Crippen molar-refractivity contribution in [2.45, 2.75) is 31.9 Å². The maximum atomic E-state index is 12.8. The maximum absolute atomic E-state index is 12.8. The number of aromatic nitrogens is 3. The summed E-state index contributed by atoms with van der Waals surface area (Å²) in [5.74, 6) is 1.90. The SMILES string of the molecule is COc1cc(Nc2ncnc3ccc(C4CCN(C(C)=O)CC4)cc23)ccc1Oc1ccc(C(F)(F)F)nc1. The van der Waals surface area contributed by atoms with Crippen molar-refractivity contribution in [2.24, 2.45) is 0 Å². The molecule has 11 heteroatoms. The molecule has 39 heavy (non-hydrogen) atoms. The van der Waals surface area contributed by atoms with Gasteiger partial charge in [0.25, 0.3) is 0 Å². The zero-order valence-corrected chi connectivity index (χ0v) is 21.3. The highest BCUT2D eigenvalue weighted by Crippen LogP contribution is 2.37. The highest BCUT2D eigenvalue weighted by molar-refractivity contribution is 5.91. The number of benzene rings is 2. The first kappa shape index (κ1) is 26.2. The molecule has 2 aromatic carbocycles. The highest BCUT2D eigenvalue weighted by Gasteiger charge is 2.32. The van der Waals surface area contributed by atoms with Gasteiger partial charge in [-0.2, -0.15) is 13.2 Å². The van der Waals surface area contributed by atoms with Gasteiger partial charge in [0.05, 0.1) is 18.8 Å². The Morgan fingerprint density at radius 1 is 1.00 bits per heavy atom. The van der Waals surface area contributed by atoms with E-state index in [0.717, 1.165) is 49.1 Å². The van der Waals surface area contributed by atoms with Crippen molar-refractivity contribution in [2.75, 3.05) is 25.5 Å². The molecule has 0 bridgehead atoms. The van der Waals surface area contributed by atoms with E-state index in [1.165, 1.54) is 25.1 Å². The first-order valence-corrected chi connectivity index (χ1v) is 12.4. The van der Waals surface area contributed by atoms with Gasteiger partial charge >= 0.3 is 6.18 Å².